The van der Waals surface area contributed by atoms with Crippen molar-refractivity contribution in [2.45, 2.75) is 6.92 Å². The standard InChI is InChI=1S/C13H20N4O3/c1-5-14-10-7-6-8-11(13(10)17(19)20)16(4)9-12(18)15(2)3/h6-8,14H,5,9H2,1-4H3. The fourth-order valence-electron chi connectivity index (χ4n) is 1.79. The molecule has 7 nitrogen and oxygen atoms in total. The zero-order valence-corrected chi connectivity index (χ0v) is 12.2. The predicted molar refractivity (Wildman–Crippen MR) is 79.2 cm³/mol. The molecule has 20 heavy (non-hydrogen) atoms. The van der Waals surface area contributed by atoms with Gasteiger partial charge in [0.2, 0.25) is 5.91 Å². The Morgan fingerprint density at radius 2 is 2.00 bits per heavy atom. The van der Waals surface area contributed by atoms with Gasteiger partial charge in [0.25, 0.3) is 0 Å². The fraction of sp³-hybridized carbons (Fsp3) is 0.462. The maximum absolute atomic E-state index is 11.7. The normalized spacial score (nSPS) is 10.0. The number of nitrogens with zero attached hydrogens (tertiary/aromatic N) is 3. The van der Waals surface area contributed by atoms with Crippen molar-refractivity contribution in [1.29, 1.82) is 0 Å². The smallest absolute Gasteiger partial charge is 0.315 e. The molecule has 1 amide bonds. The summed E-state index contributed by atoms with van der Waals surface area (Å²) >= 11 is 0. The second kappa shape index (κ2) is 6.74. The first-order valence-electron chi connectivity index (χ1n) is 6.31. The number of carbonyl (C=O) groups is 1. The van der Waals surface area contributed by atoms with Gasteiger partial charge in [-0.3, -0.25) is 14.9 Å². The lowest BCUT2D eigenvalue weighted by atomic mass is 10.2. The molecule has 1 rings (SSSR count). The summed E-state index contributed by atoms with van der Waals surface area (Å²) in [7, 11) is 4.97. The maximum Gasteiger partial charge on any atom is 0.315 e. The summed E-state index contributed by atoms with van der Waals surface area (Å²) in [5.74, 6) is -0.115. The second-order valence-electron chi connectivity index (χ2n) is 4.60. The lowest BCUT2D eigenvalue weighted by molar-refractivity contribution is -0.383. The Hall–Kier alpha value is -2.31. The molecule has 0 aromatic heterocycles. The zero-order valence-electron chi connectivity index (χ0n) is 12.2. The number of hydrogen-bond acceptors (Lipinski definition) is 5. The van der Waals surface area contributed by atoms with Crippen LogP contribution in [0.5, 0.6) is 0 Å². The Morgan fingerprint density at radius 3 is 2.50 bits per heavy atom. The van der Waals surface area contributed by atoms with Crippen LogP contribution in [0.1, 0.15) is 6.92 Å². The quantitative estimate of drug-likeness (QED) is 0.632. The lowest BCUT2D eigenvalue weighted by Gasteiger charge is -2.21. The number of rotatable bonds is 6. The van der Waals surface area contributed by atoms with Gasteiger partial charge in [0, 0.05) is 27.7 Å². The third kappa shape index (κ3) is 3.59. The van der Waals surface area contributed by atoms with E-state index in [9.17, 15) is 14.9 Å². The van der Waals surface area contributed by atoms with E-state index >= 15 is 0 Å². The highest BCUT2D eigenvalue weighted by molar-refractivity contribution is 5.84. The molecule has 0 spiro atoms. The Balaban J connectivity index is 3.13. The third-order valence-electron chi connectivity index (χ3n) is 2.85. The molecule has 1 N–H and O–H groups in total. The average Bonchev–Trinajstić information content (AvgIpc) is 2.38. The molecule has 0 saturated carbocycles. The lowest BCUT2D eigenvalue weighted by Crippen LogP contribution is -2.34. The summed E-state index contributed by atoms with van der Waals surface area (Å²) in [6, 6.07) is 5.03. The van der Waals surface area contributed by atoms with Crippen molar-refractivity contribution in [2.24, 2.45) is 0 Å². The highest BCUT2D eigenvalue weighted by atomic mass is 16.6. The van der Waals surface area contributed by atoms with E-state index in [1.807, 2.05) is 6.92 Å². The predicted octanol–water partition coefficient (Wildman–Crippen LogP) is 1.55. The molecule has 0 fully saturated rings. The highest BCUT2D eigenvalue weighted by Gasteiger charge is 2.23. The van der Waals surface area contributed by atoms with Gasteiger partial charge in [-0.25, -0.2) is 0 Å². The summed E-state index contributed by atoms with van der Waals surface area (Å²) in [5, 5.41) is 14.3. The van der Waals surface area contributed by atoms with Gasteiger partial charge in [0.1, 0.15) is 11.4 Å². The number of amides is 1. The van der Waals surface area contributed by atoms with Crippen LogP contribution in [0.2, 0.25) is 0 Å². The van der Waals surface area contributed by atoms with E-state index in [1.54, 1.807) is 44.2 Å². The molecule has 0 aliphatic heterocycles. The summed E-state index contributed by atoms with van der Waals surface area (Å²) < 4.78 is 0. The first kappa shape index (κ1) is 15.7. The van der Waals surface area contributed by atoms with Gasteiger partial charge in [0.15, 0.2) is 0 Å². The first-order chi connectivity index (χ1) is 9.38. The molecule has 7 heteroatoms. The Labute approximate surface area is 118 Å². The largest absolute Gasteiger partial charge is 0.380 e. The molecule has 0 aliphatic rings. The van der Waals surface area contributed by atoms with Crippen LogP contribution in [0.15, 0.2) is 18.2 Å². The van der Waals surface area contributed by atoms with Gasteiger partial charge < -0.3 is 15.1 Å². The van der Waals surface area contributed by atoms with Crippen molar-refractivity contribution in [3.05, 3.63) is 28.3 Å². The number of hydrogen-bond donors (Lipinski definition) is 1. The van der Waals surface area contributed by atoms with Crippen molar-refractivity contribution < 1.29 is 9.72 Å². The Kier molecular flexibility index (Phi) is 5.31. The zero-order chi connectivity index (χ0) is 15.3. The highest BCUT2D eigenvalue weighted by Crippen LogP contribution is 2.34. The minimum atomic E-state index is -0.427. The van der Waals surface area contributed by atoms with Crippen molar-refractivity contribution in [1.82, 2.24) is 4.90 Å². The van der Waals surface area contributed by atoms with Crippen LogP contribution >= 0.6 is 0 Å². The average molecular weight is 280 g/mol. The van der Waals surface area contributed by atoms with Crippen molar-refractivity contribution in [3.63, 3.8) is 0 Å². The van der Waals surface area contributed by atoms with Crippen LogP contribution in [0.4, 0.5) is 17.1 Å². The number of likely N-dealkylation sites (N-methyl/N-ethyl adjacent to an activating group) is 2. The van der Waals surface area contributed by atoms with E-state index in [4.69, 9.17) is 0 Å². The van der Waals surface area contributed by atoms with E-state index < -0.39 is 4.92 Å². The van der Waals surface area contributed by atoms with Crippen molar-refractivity contribution >= 4 is 23.0 Å². The van der Waals surface area contributed by atoms with Gasteiger partial charge in [0.05, 0.1) is 11.5 Å². The minimum absolute atomic E-state index is 0.0107. The molecular weight excluding hydrogens is 260 g/mol. The van der Waals surface area contributed by atoms with E-state index in [1.165, 1.54) is 4.90 Å². The SMILES string of the molecule is CCNc1cccc(N(C)CC(=O)N(C)C)c1[N+](=O)[O-]. The molecule has 0 aliphatic carbocycles. The van der Waals surface area contributed by atoms with Gasteiger partial charge in [-0.05, 0) is 19.1 Å². The molecule has 0 radical (unpaired) electrons. The van der Waals surface area contributed by atoms with Gasteiger partial charge in [-0.1, -0.05) is 6.07 Å². The van der Waals surface area contributed by atoms with Crippen molar-refractivity contribution in [2.75, 3.05) is 44.4 Å². The summed E-state index contributed by atoms with van der Waals surface area (Å²) in [5.41, 5.74) is 0.867. The molecule has 0 saturated heterocycles. The van der Waals surface area contributed by atoms with Crippen LogP contribution in [0.25, 0.3) is 0 Å². The van der Waals surface area contributed by atoms with Crippen LogP contribution in [0, 0.1) is 10.1 Å². The number of benzene rings is 1. The fourth-order valence-corrected chi connectivity index (χ4v) is 1.79. The van der Waals surface area contributed by atoms with Gasteiger partial charge in [-0.15, -0.1) is 0 Å². The number of nitro benzene ring substituents is 1. The van der Waals surface area contributed by atoms with Crippen LogP contribution in [0.3, 0.4) is 0 Å². The third-order valence-corrected chi connectivity index (χ3v) is 2.85. The van der Waals surface area contributed by atoms with E-state index in [-0.39, 0.29) is 18.1 Å². The summed E-state index contributed by atoms with van der Waals surface area (Å²) in [6.45, 7) is 2.55. The van der Waals surface area contributed by atoms with Crippen molar-refractivity contribution in [3.8, 4) is 0 Å². The molecule has 0 atom stereocenters. The molecule has 0 unspecified atom stereocenters. The van der Waals surface area contributed by atoms with Crippen LogP contribution in [-0.4, -0.2) is 50.0 Å². The molecular formula is C13H20N4O3. The Morgan fingerprint density at radius 1 is 1.35 bits per heavy atom. The molecule has 1 aromatic rings. The summed E-state index contributed by atoms with van der Waals surface area (Å²) in [6.07, 6.45) is 0. The first-order valence-corrected chi connectivity index (χ1v) is 6.31. The monoisotopic (exact) mass is 280 g/mol. The van der Waals surface area contributed by atoms with E-state index in [0.717, 1.165) is 0 Å². The Bertz CT molecular complexity index is 502. The van der Waals surface area contributed by atoms with Crippen LogP contribution in [-0.2, 0) is 4.79 Å². The van der Waals surface area contributed by atoms with E-state index in [2.05, 4.69) is 5.32 Å². The maximum atomic E-state index is 11.7. The van der Waals surface area contributed by atoms with Crippen LogP contribution < -0.4 is 10.2 Å². The van der Waals surface area contributed by atoms with E-state index in [0.29, 0.717) is 17.9 Å². The summed E-state index contributed by atoms with van der Waals surface area (Å²) in [4.78, 5) is 25.6. The molecule has 0 bridgehead atoms. The molecule has 0 heterocycles. The van der Waals surface area contributed by atoms with Gasteiger partial charge >= 0.3 is 5.69 Å². The molecule has 1 aromatic carbocycles. The number of nitro groups is 1. The number of para-hydroxylation sites is 1. The second-order valence-corrected chi connectivity index (χ2v) is 4.60. The molecule has 110 valence electrons. The minimum Gasteiger partial charge on any atom is -0.380 e. The van der Waals surface area contributed by atoms with Gasteiger partial charge in [-0.2, -0.15) is 0 Å². The number of anilines is 2. The number of carbonyl (C=O) groups excluding carboxylic acids is 1. The number of nitrogens with one attached hydrogen (secondary N) is 1. The topological polar surface area (TPSA) is 78.7 Å².